The lowest BCUT2D eigenvalue weighted by Crippen LogP contribution is -2.21. The highest BCUT2D eigenvalue weighted by Crippen LogP contribution is 2.12. The summed E-state index contributed by atoms with van der Waals surface area (Å²) in [5.41, 5.74) is 5.42. The van der Waals surface area contributed by atoms with E-state index in [0.717, 1.165) is 0 Å². The van der Waals surface area contributed by atoms with E-state index in [2.05, 4.69) is 0 Å². The summed E-state index contributed by atoms with van der Waals surface area (Å²) in [6, 6.07) is 6.31. The highest BCUT2D eigenvalue weighted by molar-refractivity contribution is 5.93. The van der Waals surface area contributed by atoms with Gasteiger partial charge in [-0.15, -0.1) is 0 Å². The first-order valence-electron chi connectivity index (χ1n) is 4.45. The van der Waals surface area contributed by atoms with E-state index in [-0.39, 0.29) is 13.2 Å². The zero-order valence-electron chi connectivity index (χ0n) is 8.09. The van der Waals surface area contributed by atoms with E-state index < -0.39 is 12.0 Å². The molecule has 0 aromatic heterocycles. The third kappa shape index (κ3) is 3.57. The van der Waals surface area contributed by atoms with Gasteiger partial charge < -0.3 is 20.7 Å². The van der Waals surface area contributed by atoms with Crippen molar-refractivity contribution in [3.05, 3.63) is 29.8 Å². The quantitative estimate of drug-likeness (QED) is 0.613. The van der Waals surface area contributed by atoms with Crippen LogP contribution in [-0.2, 0) is 0 Å². The van der Waals surface area contributed by atoms with Gasteiger partial charge in [-0.25, -0.2) is 0 Å². The van der Waals surface area contributed by atoms with E-state index in [9.17, 15) is 4.79 Å². The average Bonchev–Trinajstić information content (AvgIpc) is 2.26. The predicted molar refractivity (Wildman–Crippen MR) is 53.5 cm³/mol. The van der Waals surface area contributed by atoms with E-state index in [1.54, 1.807) is 18.2 Å². The summed E-state index contributed by atoms with van der Waals surface area (Å²) < 4.78 is 5.13. The van der Waals surface area contributed by atoms with Gasteiger partial charge in [0.05, 0.1) is 6.61 Å². The van der Waals surface area contributed by atoms with Crippen LogP contribution < -0.4 is 10.5 Å². The molecule has 0 bridgehead atoms. The summed E-state index contributed by atoms with van der Waals surface area (Å²) in [5, 5.41) is 17.6. The Labute approximate surface area is 87.1 Å². The first kappa shape index (κ1) is 11.5. The molecule has 1 aromatic rings. The summed E-state index contributed by atoms with van der Waals surface area (Å²) in [6.45, 7) is -0.395. The van der Waals surface area contributed by atoms with Gasteiger partial charge in [0.15, 0.2) is 0 Å². The molecule has 0 saturated heterocycles. The smallest absolute Gasteiger partial charge is 0.248 e. The van der Waals surface area contributed by atoms with Crippen LogP contribution in [0.3, 0.4) is 0 Å². The van der Waals surface area contributed by atoms with Gasteiger partial charge in [-0.2, -0.15) is 0 Å². The van der Waals surface area contributed by atoms with E-state index in [1.807, 2.05) is 0 Å². The molecular formula is C10H13NO4. The maximum atomic E-state index is 10.8. The second-order valence-corrected chi connectivity index (χ2v) is 3.04. The second-order valence-electron chi connectivity index (χ2n) is 3.04. The number of primary amides is 1. The van der Waals surface area contributed by atoms with Crippen molar-refractivity contribution in [3.8, 4) is 5.75 Å². The fourth-order valence-electron chi connectivity index (χ4n) is 0.984. The third-order valence-corrected chi connectivity index (χ3v) is 1.77. The molecule has 1 atom stereocenters. The number of ether oxygens (including phenoxy) is 1. The third-order valence-electron chi connectivity index (χ3n) is 1.77. The molecule has 0 heterocycles. The van der Waals surface area contributed by atoms with Crippen molar-refractivity contribution in [1.82, 2.24) is 0 Å². The Morgan fingerprint density at radius 3 is 2.87 bits per heavy atom. The van der Waals surface area contributed by atoms with Gasteiger partial charge in [0, 0.05) is 5.56 Å². The van der Waals surface area contributed by atoms with E-state index in [0.29, 0.717) is 11.3 Å². The fraction of sp³-hybridized carbons (Fsp3) is 0.300. The van der Waals surface area contributed by atoms with Gasteiger partial charge in [-0.3, -0.25) is 4.79 Å². The minimum Gasteiger partial charge on any atom is -0.491 e. The lowest BCUT2D eigenvalue weighted by Gasteiger charge is -2.09. The van der Waals surface area contributed by atoms with Crippen LogP contribution in [0.15, 0.2) is 24.3 Å². The van der Waals surface area contributed by atoms with Gasteiger partial charge in [0.2, 0.25) is 5.91 Å². The Balaban J connectivity index is 2.62. The maximum absolute atomic E-state index is 10.8. The van der Waals surface area contributed by atoms with E-state index in [4.69, 9.17) is 20.7 Å². The number of aliphatic hydroxyl groups is 2. The number of hydrogen-bond donors (Lipinski definition) is 3. The number of benzene rings is 1. The number of amides is 1. The summed E-state index contributed by atoms with van der Waals surface area (Å²) >= 11 is 0. The second kappa shape index (κ2) is 5.33. The van der Waals surface area contributed by atoms with Crippen molar-refractivity contribution in [2.45, 2.75) is 6.10 Å². The highest BCUT2D eigenvalue weighted by Gasteiger charge is 2.05. The molecule has 0 aliphatic rings. The van der Waals surface area contributed by atoms with E-state index in [1.165, 1.54) is 6.07 Å². The normalized spacial score (nSPS) is 12.1. The molecule has 0 fully saturated rings. The minimum absolute atomic E-state index is 0.0291. The van der Waals surface area contributed by atoms with Crippen molar-refractivity contribution in [2.24, 2.45) is 5.73 Å². The minimum atomic E-state index is -0.928. The molecule has 1 aromatic carbocycles. The van der Waals surface area contributed by atoms with Gasteiger partial charge >= 0.3 is 0 Å². The molecule has 5 heteroatoms. The zero-order chi connectivity index (χ0) is 11.3. The van der Waals surface area contributed by atoms with Crippen molar-refractivity contribution in [2.75, 3.05) is 13.2 Å². The van der Waals surface area contributed by atoms with Crippen LogP contribution >= 0.6 is 0 Å². The highest BCUT2D eigenvalue weighted by atomic mass is 16.5. The van der Waals surface area contributed by atoms with Crippen LogP contribution in [0, 0.1) is 0 Å². The van der Waals surface area contributed by atoms with Crippen molar-refractivity contribution in [3.63, 3.8) is 0 Å². The van der Waals surface area contributed by atoms with Gasteiger partial charge in [-0.05, 0) is 18.2 Å². The summed E-state index contributed by atoms with van der Waals surface area (Å²) in [4.78, 5) is 10.8. The Kier molecular flexibility index (Phi) is 4.08. The number of carbonyl (C=O) groups excluding carboxylic acids is 1. The van der Waals surface area contributed by atoms with Gasteiger partial charge in [-0.1, -0.05) is 6.07 Å². The number of rotatable bonds is 5. The van der Waals surface area contributed by atoms with Crippen molar-refractivity contribution < 1.29 is 19.7 Å². The Morgan fingerprint density at radius 2 is 2.27 bits per heavy atom. The van der Waals surface area contributed by atoms with Crippen LogP contribution in [0.4, 0.5) is 0 Å². The predicted octanol–water partition coefficient (Wildman–Crippen LogP) is -0.483. The molecule has 0 aliphatic carbocycles. The molecule has 4 N–H and O–H groups in total. The van der Waals surface area contributed by atoms with Crippen LogP contribution in [0.2, 0.25) is 0 Å². The van der Waals surface area contributed by atoms with Gasteiger partial charge in [0.25, 0.3) is 0 Å². The van der Waals surface area contributed by atoms with Crippen LogP contribution in [0.1, 0.15) is 10.4 Å². The lowest BCUT2D eigenvalue weighted by atomic mass is 10.2. The molecule has 0 radical (unpaired) electrons. The zero-order valence-corrected chi connectivity index (χ0v) is 8.09. The molecule has 15 heavy (non-hydrogen) atoms. The molecule has 82 valence electrons. The first-order chi connectivity index (χ1) is 7.13. The summed E-state index contributed by atoms with van der Waals surface area (Å²) in [5.74, 6) is -0.109. The summed E-state index contributed by atoms with van der Waals surface area (Å²) in [7, 11) is 0. The Hall–Kier alpha value is -1.59. The summed E-state index contributed by atoms with van der Waals surface area (Å²) in [6.07, 6.45) is -0.928. The number of hydrogen-bond acceptors (Lipinski definition) is 4. The standard InChI is InChI=1S/C10H13NO4/c11-10(14)7-2-1-3-9(4-7)15-6-8(13)5-12/h1-4,8,12-13H,5-6H2,(H2,11,14). The lowest BCUT2D eigenvalue weighted by molar-refractivity contribution is 0.0536. The number of carbonyl (C=O) groups is 1. The van der Waals surface area contributed by atoms with Crippen LogP contribution in [0.5, 0.6) is 5.75 Å². The molecule has 5 nitrogen and oxygen atoms in total. The number of aliphatic hydroxyl groups excluding tert-OH is 2. The fourth-order valence-corrected chi connectivity index (χ4v) is 0.984. The molecule has 0 spiro atoms. The maximum Gasteiger partial charge on any atom is 0.248 e. The van der Waals surface area contributed by atoms with Crippen molar-refractivity contribution >= 4 is 5.91 Å². The monoisotopic (exact) mass is 211 g/mol. The molecule has 1 unspecified atom stereocenters. The molecule has 0 saturated carbocycles. The van der Waals surface area contributed by atoms with Gasteiger partial charge in [0.1, 0.15) is 18.5 Å². The SMILES string of the molecule is NC(=O)c1cccc(OCC(O)CO)c1. The number of nitrogens with two attached hydrogens (primary N) is 1. The van der Waals surface area contributed by atoms with Crippen LogP contribution in [0.25, 0.3) is 0 Å². The van der Waals surface area contributed by atoms with Crippen LogP contribution in [-0.4, -0.2) is 35.4 Å². The molecule has 1 amide bonds. The average molecular weight is 211 g/mol. The van der Waals surface area contributed by atoms with E-state index >= 15 is 0 Å². The molecule has 0 aliphatic heterocycles. The molecule has 1 rings (SSSR count). The first-order valence-corrected chi connectivity index (χ1v) is 4.45. The van der Waals surface area contributed by atoms with Crippen molar-refractivity contribution in [1.29, 1.82) is 0 Å². The largest absolute Gasteiger partial charge is 0.491 e. The Bertz CT molecular complexity index is 340. The molecular weight excluding hydrogens is 198 g/mol. The Morgan fingerprint density at radius 1 is 1.53 bits per heavy atom. The topological polar surface area (TPSA) is 92.8 Å².